The number of hydrogen-bond acceptors (Lipinski definition) is 0. The van der Waals surface area contributed by atoms with Crippen molar-refractivity contribution in [2.24, 2.45) is 5.92 Å². The van der Waals surface area contributed by atoms with E-state index in [0.717, 1.165) is 5.92 Å². The molecule has 0 heteroatoms. The Hall–Kier alpha value is -0.520. The lowest BCUT2D eigenvalue weighted by molar-refractivity contribution is 0.712. The second kappa shape index (κ2) is 1.25. The van der Waals surface area contributed by atoms with E-state index in [4.69, 9.17) is 0 Å². The molecule has 2 aliphatic rings. The fourth-order valence-electron chi connectivity index (χ4n) is 1.37. The Labute approximate surface area is 49.9 Å². The molecular formula is C8H10. The number of allylic oxidation sites excluding steroid dienone is 4. The molecule has 0 saturated carbocycles. The van der Waals surface area contributed by atoms with Gasteiger partial charge in [-0.2, -0.15) is 0 Å². The van der Waals surface area contributed by atoms with E-state index in [1.54, 1.807) is 11.1 Å². The van der Waals surface area contributed by atoms with Crippen LogP contribution in [0.5, 0.6) is 0 Å². The molecule has 0 unspecified atom stereocenters. The minimum absolute atomic E-state index is 0.870. The summed E-state index contributed by atoms with van der Waals surface area (Å²) in [4.78, 5) is 0. The van der Waals surface area contributed by atoms with Gasteiger partial charge in [0.15, 0.2) is 0 Å². The molecule has 2 aliphatic carbocycles. The van der Waals surface area contributed by atoms with E-state index in [2.05, 4.69) is 19.1 Å². The largest absolute Gasteiger partial charge is 0.0837 e. The van der Waals surface area contributed by atoms with E-state index in [0.29, 0.717) is 0 Å². The molecule has 0 nitrogen and oxygen atoms in total. The summed E-state index contributed by atoms with van der Waals surface area (Å²) in [5.74, 6) is 0.870. The first-order valence-electron chi connectivity index (χ1n) is 3.26. The summed E-state index contributed by atoms with van der Waals surface area (Å²) in [7, 11) is 0. The SMILES string of the molecule is C[C@@H]1CC=CC2=C1C2. The predicted molar refractivity (Wildman–Crippen MR) is 34.6 cm³/mol. The molecule has 2 rings (SSSR count). The van der Waals surface area contributed by atoms with Crippen molar-refractivity contribution in [3.8, 4) is 0 Å². The highest BCUT2D eigenvalue weighted by atomic mass is 14.3. The van der Waals surface area contributed by atoms with E-state index in [1.807, 2.05) is 0 Å². The molecule has 0 spiro atoms. The van der Waals surface area contributed by atoms with E-state index in [9.17, 15) is 0 Å². The third kappa shape index (κ3) is 0.459. The van der Waals surface area contributed by atoms with Gasteiger partial charge in [-0.25, -0.2) is 0 Å². The van der Waals surface area contributed by atoms with Crippen molar-refractivity contribution in [3.63, 3.8) is 0 Å². The molecule has 0 saturated heterocycles. The Morgan fingerprint density at radius 1 is 1.62 bits per heavy atom. The van der Waals surface area contributed by atoms with Crippen LogP contribution in [0.25, 0.3) is 0 Å². The van der Waals surface area contributed by atoms with Gasteiger partial charge < -0.3 is 0 Å². The molecule has 0 amide bonds. The van der Waals surface area contributed by atoms with Crippen LogP contribution in [0.2, 0.25) is 0 Å². The molecule has 1 atom stereocenters. The van der Waals surface area contributed by atoms with E-state index in [1.165, 1.54) is 12.8 Å². The van der Waals surface area contributed by atoms with Crippen LogP contribution in [-0.2, 0) is 0 Å². The summed E-state index contributed by atoms with van der Waals surface area (Å²) in [6.07, 6.45) is 7.16. The Bertz CT molecular complexity index is 172. The standard InChI is InChI=1S/C8H10/c1-6-3-2-4-7-5-8(6)7/h2,4,6H,3,5H2,1H3/t6-/m1/s1. The van der Waals surface area contributed by atoms with E-state index >= 15 is 0 Å². The number of hydrogen-bond donors (Lipinski definition) is 0. The molecule has 0 heterocycles. The van der Waals surface area contributed by atoms with Gasteiger partial charge in [0, 0.05) is 0 Å². The van der Waals surface area contributed by atoms with Crippen LogP contribution >= 0.6 is 0 Å². The summed E-state index contributed by atoms with van der Waals surface area (Å²) in [6.45, 7) is 2.31. The lowest BCUT2D eigenvalue weighted by atomic mass is 10.0. The van der Waals surface area contributed by atoms with E-state index < -0.39 is 0 Å². The first-order valence-corrected chi connectivity index (χ1v) is 3.26. The second-order valence-corrected chi connectivity index (χ2v) is 2.77. The fourth-order valence-corrected chi connectivity index (χ4v) is 1.37. The highest BCUT2D eigenvalue weighted by Gasteiger charge is 2.25. The first-order chi connectivity index (χ1) is 3.88. The Morgan fingerprint density at radius 2 is 2.50 bits per heavy atom. The van der Waals surface area contributed by atoms with Crippen LogP contribution in [0, 0.1) is 5.92 Å². The lowest BCUT2D eigenvalue weighted by Crippen LogP contribution is -1.89. The van der Waals surface area contributed by atoms with Crippen molar-refractivity contribution in [2.45, 2.75) is 19.8 Å². The normalized spacial score (nSPS) is 32.9. The van der Waals surface area contributed by atoms with Crippen LogP contribution in [0.3, 0.4) is 0 Å². The molecular weight excluding hydrogens is 96.1 g/mol. The smallest absolute Gasteiger partial charge is 0.00587 e. The summed E-state index contributed by atoms with van der Waals surface area (Å²) < 4.78 is 0. The maximum atomic E-state index is 2.31. The molecule has 0 aliphatic heterocycles. The molecule has 0 radical (unpaired) electrons. The highest BCUT2D eigenvalue weighted by Crippen LogP contribution is 2.42. The molecule has 0 bridgehead atoms. The maximum absolute atomic E-state index is 2.31. The van der Waals surface area contributed by atoms with Crippen LogP contribution in [0.15, 0.2) is 23.3 Å². The van der Waals surface area contributed by atoms with Crippen molar-refractivity contribution in [1.29, 1.82) is 0 Å². The second-order valence-electron chi connectivity index (χ2n) is 2.77. The van der Waals surface area contributed by atoms with Gasteiger partial charge in [-0.1, -0.05) is 24.6 Å². The first kappa shape index (κ1) is 4.37. The maximum Gasteiger partial charge on any atom is -0.00587 e. The molecule has 42 valence electrons. The lowest BCUT2D eigenvalue weighted by Gasteiger charge is -2.02. The van der Waals surface area contributed by atoms with Crippen molar-refractivity contribution in [2.75, 3.05) is 0 Å². The average molecular weight is 106 g/mol. The Kier molecular flexibility index (Phi) is 0.682. The molecule has 0 aromatic heterocycles. The van der Waals surface area contributed by atoms with Crippen molar-refractivity contribution in [1.82, 2.24) is 0 Å². The topological polar surface area (TPSA) is 0 Å². The third-order valence-corrected chi connectivity index (χ3v) is 2.07. The van der Waals surface area contributed by atoms with Crippen LogP contribution < -0.4 is 0 Å². The van der Waals surface area contributed by atoms with Crippen molar-refractivity contribution in [3.05, 3.63) is 23.3 Å². The Balaban J connectivity index is 2.28. The summed E-state index contributed by atoms with van der Waals surface area (Å²) in [5, 5.41) is 0. The molecule has 8 heavy (non-hydrogen) atoms. The minimum Gasteiger partial charge on any atom is -0.0837 e. The van der Waals surface area contributed by atoms with Crippen LogP contribution in [-0.4, -0.2) is 0 Å². The molecule has 0 fully saturated rings. The van der Waals surface area contributed by atoms with Gasteiger partial charge in [0.1, 0.15) is 0 Å². The van der Waals surface area contributed by atoms with Crippen LogP contribution in [0.4, 0.5) is 0 Å². The van der Waals surface area contributed by atoms with Gasteiger partial charge in [0.05, 0.1) is 0 Å². The average Bonchev–Trinajstić information content (AvgIpc) is 2.45. The summed E-state index contributed by atoms with van der Waals surface area (Å²) in [5.41, 5.74) is 3.33. The minimum atomic E-state index is 0.870. The fraction of sp³-hybridized carbons (Fsp3) is 0.500. The third-order valence-electron chi connectivity index (χ3n) is 2.07. The van der Waals surface area contributed by atoms with Crippen molar-refractivity contribution < 1.29 is 0 Å². The van der Waals surface area contributed by atoms with Gasteiger partial charge in [0.25, 0.3) is 0 Å². The molecule has 0 aromatic rings. The number of rotatable bonds is 0. The van der Waals surface area contributed by atoms with Gasteiger partial charge >= 0.3 is 0 Å². The monoisotopic (exact) mass is 106 g/mol. The van der Waals surface area contributed by atoms with Gasteiger partial charge in [0.2, 0.25) is 0 Å². The van der Waals surface area contributed by atoms with Gasteiger partial charge in [-0.3, -0.25) is 0 Å². The highest BCUT2D eigenvalue weighted by molar-refractivity contribution is 5.47. The zero-order valence-corrected chi connectivity index (χ0v) is 5.15. The zero-order valence-electron chi connectivity index (χ0n) is 5.15. The quantitative estimate of drug-likeness (QED) is 0.444. The molecule has 0 N–H and O–H groups in total. The predicted octanol–water partition coefficient (Wildman–Crippen LogP) is 2.28. The van der Waals surface area contributed by atoms with Gasteiger partial charge in [-0.15, -0.1) is 0 Å². The molecule has 0 aromatic carbocycles. The van der Waals surface area contributed by atoms with Crippen molar-refractivity contribution >= 4 is 0 Å². The Morgan fingerprint density at radius 3 is 3.12 bits per heavy atom. The van der Waals surface area contributed by atoms with Crippen LogP contribution in [0.1, 0.15) is 19.8 Å². The summed E-state index contributed by atoms with van der Waals surface area (Å²) >= 11 is 0. The van der Waals surface area contributed by atoms with Gasteiger partial charge in [-0.05, 0) is 24.3 Å². The zero-order chi connectivity index (χ0) is 5.56. The summed E-state index contributed by atoms with van der Waals surface area (Å²) in [6, 6.07) is 0. The van der Waals surface area contributed by atoms with E-state index in [-0.39, 0.29) is 0 Å².